The number of carbonyl (C=O) groups is 1. The lowest BCUT2D eigenvalue weighted by Crippen LogP contribution is -2.22. The van der Waals surface area contributed by atoms with E-state index in [0.717, 1.165) is 48.4 Å². The quantitative estimate of drug-likeness (QED) is 0.599. The molecule has 0 unspecified atom stereocenters. The lowest BCUT2D eigenvalue weighted by Gasteiger charge is -2.25. The third-order valence-electron chi connectivity index (χ3n) is 5.87. The summed E-state index contributed by atoms with van der Waals surface area (Å²) in [6.45, 7) is 2.13. The molecule has 1 aliphatic heterocycles. The van der Waals surface area contributed by atoms with Crippen LogP contribution >= 0.6 is 22.9 Å². The SMILES string of the molecule is Nc1c(C(=O)Nc2cccc(Cl)c2)sc2nc(N3CCCC3)c3c(c12)CCCC3. The fourth-order valence-corrected chi connectivity index (χ4v) is 5.71. The van der Waals surface area contributed by atoms with Crippen LogP contribution in [-0.4, -0.2) is 24.0 Å². The number of pyridine rings is 1. The number of fused-ring (bicyclic) bond motifs is 3. The molecule has 0 bridgehead atoms. The molecule has 0 atom stereocenters. The second kappa shape index (κ2) is 7.50. The van der Waals surface area contributed by atoms with Gasteiger partial charge < -0.3 is 16.0 Å². The number of hydrogen-bond acceptors (Lipinski definition) is 5. The van der Waals surface area contributed by atoms with Crippen LogP contribution in [0.2, 0.25) is 5.02 Å². The number of nitrogens with one attached hydrogen (secondary N) is 1. The number of amides is 1. The van der Waals surface area contributed by atoms with Crippen molar-refractivity contribution in [3.8, 4) is 0 Å². The van der Waals surface area contributed by atoms with Gasteiger partial charge in [-0.3, -0.25) is 4.79 Å². The Hall–Kier alpha value is -2.31. The predicted molar refractivity (Wildman–Crippen MR) is 122 cm³/mol. The highest BCUT2D eigenvalue weighted by atomic mass is 35.5. The van der Waals surface area contributed by atoms with Crippen molar-refractivity contribution in [2.75, 3.05) is 29.0 Å². The van der Waals surface area contributed by atoms with Gasteiger partial charge in [-0.1, -0.05) is 17.7 Å². The van der Waals surface area contributed by atoms with E-state index in [-0.39, 0.29) is 5.91 Å². The third-order valence-corrected chi connectivity index (χ3v) is 7.20. The average Bonchev–Trinajstić information content (AvgIpc) is 3.36. The number of aromatic nitrogens is 1. The molecule has 5 nitrogen and oxygen atoms in total. The molecule has 1 aliphatic carbocycles. The fourth-order valence-electron chi connectivity index (χ4n) is 4.51. The molecule has 2 aromatic heterocycles. The smallest absolute Gasteiger partial charge is 0.267 e. The van der Waals surface area contributed by atoms with Crippen LogP contribution in [0.3, 0.4) is 0 Å². The number of nitrogens with zero attached hydrogens (tertiary/aromatic N) is 2. The van der Waals surface area contributed by atoms with E-state index >= 15 is 0 Å². The van der Waals surface area contributed by atoms with E-state index in [1.165, 1.54) is 41.7 Å². The number of thiophene rings is 1. The Balaban J connectivity index is 1.59. The molecule has 1 saturated heterocycles. The van der Waals surface area contributed by atoms with Gasteiger partial charge in [0.2, 0.25) is 0 Å². The fraction of sp³-hybridized carbons (Fsp3) is 0.364. The minimum Gasteiger partial charge on any atom is -0.397 e. The minimum atomic E-state index is -0.208. The molecule has 1 fully saturated rings. The van der Waals surface area contributed by atoms with Gasteiger partial charge in [-0.25, -0.2) is 4.98 Å². The largest absolute Gasteiger partial charge is 0.397 e. The summed E-state index contributed by atoms with van der Waals surface area (Å²) in [5.74, 6) is 0.910. The molecule has 1 amide bonds. The first-order valence-corrected chi connectivity index (χ1v) is 11.4. The summed E-state index contributed by atoms with van der Waals surface area (Å²) in [6.07, 6.45) is 6.83. The van der Waals surface area contributed by atoms with E-state index in [9.17, 15) is 4.79 Å². The van der Waals surface area contributed by atoms with Gasteiger partial charge in [-0.15, -0.1) is 11.3 Å². The van der Waals surface area contributed by atoms with Crippen LogP contribution in [0, 0.1) is 0 Å². The van der Waals surface area contributed by atoms with Crippen molar-refractivity contribution in [3.63, 3.8) is 0 Å². The zero-order chi connectivity index (χ0) is 20.0. The molecule has 0 saturated carbocycles. The van der Waals surface area contributed by atoms with Crippen LogP contribution in [0.15, 0.2) is 24.3 Å². The van der Waals surface area contributed by atoms with E-state index in [1.54, 1.807) is 12.1 Å². The van der Waals surface area contributed by atoms with E-state index in [4.69, 9.17) is 22.3 Å². The van der Waals surface area contributed by atoms with E-state index in [1.807, 2.05) is 12.1 Å². The predicted octanol–water partition coefficient (Wildman–Crippen LogP) is 5.26. The van der Waals surface area contributed by atoms with Crippen LogP contribution < -0.4 is 16.0 Å². The van der Waals surface area contributed by atoms with Gasteiger partial charge in [0.25, 0.3) is 5.91 Å². The highest BCUT2D eigenvalue weighted by molar-refractivity contribution is 7.21. The number of aryl methyl sites for hydroxylation is 1. The van der Waals surface area contributed by atoms with Gasteiger partial charge >= 0.3 is 0 Å². The molecule has 150 valence electrons. The van der Waals surface area contributed by atoms with E-state index in [0.29, 0.717) is 21.3 Å². The van der Waals surface area contributed by atoms with Crippen molar-refractivity contribution in [2.45, 2.75) is 38.5 Å². The van der Waals surface area contributed by atoms with Crippen molar-refractivity contribution in [1.29, 1.82) is 0 Å². The number of carbonyl (C=O) groups excluding carboxylic acids is 1. The van der Waals surface area contributed by atoms with Gasteiger partial charge in [-0.05, 0) is 67.9 Å². The monoisotopic (exact) mass is 426 g/mol. The van der Waals surface area contributed by atoms with Crippen LogP contribution in [0.4, 0.5) is 17.2 Å². The summed E-state index contributed by atoms with van der Waals surface area (Å²) in [7, 11) is 0. The number of anilines is 3. The zero-order valence-corrected chi connectivity index (χ0v) is 17.7. The van der Waals surface area contributed by atoms with Crippen molar-refractivity contribution < 1.29 is 4.79 Å². The number of hydrogen-bond donors (Lipinski definition) is 2. The maximum Gasteiger partial charge on any atom is 0.267 e. The van der Waals surface area contributed by atoms with Crippen LogP contribution in [0.5, 0.6) is 0 Å². The first-order valence-electron chi connectivity index (χ1n) is 10.2. The lowest BCUT2D eigenvalue weighted by atomic mass is 9.89. The highest BCUT2D eigenvalue weighted by Crippen LogP contribution is 2.42. The molecular formula is C22H23ClN4OS. The number of nitrogen functional groups attached to an aromatic ring is 1. The molecule has 1 aromatic carbocycles. The number of nitrogens with two attached hydrogens (primary N) is 1. The maximum atomic E-state index is 13.0. The Morgan fingerprint density at radius 1 is 1.14 bits per heavy atom. The topological polar surface area (TPSA) is 71.2 Å². The summed E-state index contributed by atoms with van der Waals surface area (Å²) in [5.41, 5.74) is 10.4. The van der Waals surface area contributed by atoms with Gasteiger partial charge in [0.05, 0.1) is 5.69 Å². The Bertz CT molecular complexity index is 1100. The number of benzene rings is 1. The van der Waals surface area contributed by atoms with Gasteiger partial charge in [-0.2, -0.15) is 0 Å². The van der Waals surface area contributed by atoms with Crippen molar-refractivity contribution in [2.24, 2.45) is 0 Å². The van der Waals surface area contributed by atoms with E-state index < -0.39 is 0 Å². The molecule has 3 aromatic rings. The van der Waals surface area contributed by atoms with Gasteiger partial charge in [0.1, 0.15) is 15.5 Å². The Morgan fingerprint density at radius 2 is 1.90 bits per heavy atom. The van der Waals surface area contributed by atoms with Gasteiger partial charge in [0, 0.05) is 29.2 Å². The molecule has 3 heterocycles. The second-order valence-corrected chi connectivity index (χ2v) is 9.22. The summed E-state index contributed by atoms with van der Waals surface area (Å²) < 4.78 is 0. The minimum absolute atomic E-state index is 0.208. The van der Waals surface area contributed by atoms with Crippen LogP contribution in [0.1, 0.15) is 46.5 Å². The molecular weight excluding hydrogens is 404 g/mol. The van der Waals surface area contributed by atoms with Crippen molar-refractivity contribution >= 4 is 56.3 Å². The Labute approximate surface area is 178 Å². The zero-order valence-electron chi connectivity index (χ0n) is 16.1. The molecule has 0 radical (unpaired) electrons. The van der Waals surface area contributed by atoms with Crippen molar-refractivity contribution in [1.82, 2.24) is 4.98 Å². The highest BCUT2D eigenvalue weighted by Gasteiger charge is 2.28. The normalized spacial score (nSPS) is 16.2. The summed E-state index contributed by atoms with van der Waals surface area (Å²) in [4.78, 5) is 21.8. The molecule has 2 aliphatic rings. The molecule has 7 heteroatoms. The third kappa shape index (κ3) is 3.34. The molecule has 3 N–H and O–H groups in total. The van der Waals surface area contributed by atoms with Gasteiger partial charge in [0.15, 0.2) is 0 Å². The summed E-state index contributed by atoms with van der Waals surface area (Å²) >= 11 is 7.43. The summed E-state index contributed by atoms with van der Waals surface area (Å²) in [5, 5.41) is 4.49. The van der Waals surface area contributed by atoms with Crippen LogP contribution in [-0.2, 0) is 12.8 Å². The Kier molecular flexibility index (Phi) is 4.84. The first kappa shape index (κ1) is 18.7. The van der Waals surface area contributed by atoms with E-state index in [2.05, 4.69) is 10.2 Å². The average molecular weight is 427 g/mol. The maximum absolute atomic E-state index is 13.0. The molecule has 29 heavy (non-hydrogen) atoms. The lowest BCUT2D eigenvalue weighted by molar-refractivity contribution is 0.103. The number of halogens is 1. The van der Waals surface area contributed by atoms with Crippen LogP contribution in [0.25, 0.3) is 10.2 Å². The Morgan fingerprint density at radius 3 is 2.66 bits per heavy atom. The summed E-state index contributed by atoms with van der Waals surface area (Å²) in [6, 6.07) is 7.14. The van der Waals surface area contributed by atoms with Crippen molar-refractivity contribution in [3.05, 3.63) is 45.3 Å². The first-order chi connectivity index (χ1) is 14.1. The molecule has 5 rings (SSSR count). The standard InChI is InChI=1S/C22H23ClN4OS/c23-13-6-5-7-14(12-13)25-21(28)19-18(24)17-15-8-1-2-9-16(15)20(26-22(17)29-19)27-10-3-4-11-27/h5-7,12H,1-4,8-11,24H2,(H,25,28). The second-order valence-electron chi connectivity index (χ2n) is 7.78. The number of rotatable bonds is 3. The molecule has 0 spiro atoms.